The van der Waals surface area contributed by atoms with Crippen LogP contribution in [-0.4, -0.2) is 48.4 Å². The molecule has 2 spiro atoms. The Kier molecular flexibility index (Phi) is 3.54. The SMILES string of the molecule is O=C(C1CC12CCNCC2)N1CCC2(CC1)Nc1ccccc1NC2=O. The van der Waals surface area contributed by atoms with Crippen molar-refractivity contribution in [1.29, 1.82) is 0 Å². The first-order valence-corrected chi connectivity index (χ1v) is 9.80. The standard InChI is InChI=1S/C20H26N4O2/c25-17(14-13-19(14)5-9-21-10-6-19)24-11-7-20(8-12-24)18(26)22-15-3-1-2-4-16(15)23-20/h1-4,14,21,23H,5-13H2,(H,22,26). The first-order chi connectivity index (χ1) is 12.6. The molecule has 2 amide bonds. The Balaban J connectivity index is 1.25. The van der Waals surface area contributed by atoms with Gasteiger partial charge in [-0.05, 0) is 62.7 Å². The Morgan fingerprint density at radius 1 is 1.04 bits per heavy atom. The molecular weight excluding hydrogens is 328 g/mol. The largest absolute Gasteiger partial charge is 0.369 e. The van der Waals surface area contributed by atoms with Crippen LogP contribution in [0.5, 0.6) is 0 Å². The second-order valence-electron chi connectivity index (χ2n) is 8.40. The van der Waals surface area contributed by atoms with Gasteiger partial charge in [0.25, 0.3) is 0 Å². The first kappa shape index (κ1) is 16.1. The van der Waals surface area contributed by atoms with Crippen LogP contribution in [0.2, 0.25) is 0 Å². The van der Waals surface area contributed by atoms with Gasteiger partial charge >= 0.3 is 0 Å². The van der Waals surface area contributed by atoms with Crippen LogP contribution in [0.15, 0.2) is 24.3 Å². The highest BCUT2D eigenvalue weighted by molar-refractivity contribution is 6.06. The number of benzene rings is 1. The van der Waals surface area contributed by atoms with E-state index in [2.05, 4.69) is 16.0 Å². The molecule has 1 aromatic rings. The lowest BCUT2D eigenvalue weighted by Crippen LogP contribution is -2.59. The minimum Gasteiger partial charge on any atom is -0.369 e. The number of para-hydroxylation sites is 2. The second kappa shape index (κ2) is 5.71. The van der Waals surface area contributed by atoms with Gasteiger partial charge in [0, 0.05) is 19.0 Å². The monoisotopic (exact) mass is 354 g/mol. The van der Waals surface area contributed by atoms with Crippen molar-refractivity contribution in [3.05, 3.63) is 24.3 Å². The summed E-state index contributed by atoms with van der Waals surface area (Å²) < 4.78 is 0. The maximum Gasteiger partial charge on any atom is 0.250 e. The molecule has 3 fully saturated rings. The van der Waals surface area contributed by atoms with Gasteiger partial charge in [-0.25, -0.2) is 0 Å². The third-order valence-corrected chi connectivity index (χ3v) is 7.00. The molecule has 3 aliphatic heterocycles. The summed E-state index contributed by atoms with van der Waals surface area (Å²) in [5, 5.41) is 9.89. The van der Waals surface area contributed by atoms with E-state index in [1.54, 1.807) is 0 Å². The van der Waals surface area contributed by atoms with E-state index in [-0.39, 0.29) is 17.2 Å². The molecular formula is C20H26N4O2. The van der Waals surface area contributed by atoms with E-state index in [0.717, 1.165) is 43.7 Å². The van der Waals surface area contributed by atoms with Crippen LogP contribution in [0.4, 0.5) is 11.4 Å². The Bertz CT molecular complexity index is 748. The smallest absolute Gasteiger partial charge is 0.250 e. The van der Waals surface area contributed by atoms with Crippen LogP contribution < -0.4 is 16.0 Å². The lowest BCUT2D eigenvalue weighted by molar-refractivity contribution is -0.136. The number of hydrogen-bond donors (Lipinski definition) is 3. The van der Waals surface area contributed by atoms with Crippen LogP contribution in [0.3, 0.4) is 0 Å². The molecule has 1 aromatic carbocycles. The van der Waals surface area contributed by atoms with Crippen LogP contribution in [-0.2, 0) is 9.59 Å². The van der Waals surface area contributed by atoms with Crippen molar-refractivity contribution in [2.24, 2.45) is 11.3 Å². The van der Waals surface area contributed by atoms with E-state index in [4.69, 9.17) is 0 Å². The molecule has 4 aliphatic rings. The number of piperidine rings is 2. The van der Waals surface area contributed by atoms with Crippen molar-refractivity contribution in [3.63, 3.8) is 0 Å². The van der Waals surface area contributed by atoms with Crippen LogP contribution >= 0.6 is 0 Å². The normalized spacial score (nSPS) is 28.2. The van der Waals surface area contributed by atoms with E-state index >= 15 is 0 Å². The summed E-state index contributed by atoms with van der Waals surface area (Å²) >= 11 is 0. The molecule has 0 bridgehead atoms. The fraction of sp³-hybridized carbons (Fsp3) is 0.600. The van der Waals surface area contributed by atoms with Crippen LogP contribution in [0, 0.1) is 11.3 Å². The molecule has 3 N–H and O–H groups in total. The van der Waals surface area contributed by atoms with Crippen molar-refractivity contribution < 1.29 is 9.59 Å². The zero-order chi connectivity index (χ0) is 17.8. The molecule has 3 heterocycles. The summed E-state index contributed by atoms with van der Waals surface area (Å²) in [6.45, 7) is 3.39. The van der Waals surface area contributed by atoms with Gasteiger partial charge < -0.3 is 20.9 Å². The molecule has 6 heteroatoms. The molecule has 5 rings (SSSR count). The highest BCUT2D eigenvalue weighted by Crippen LogP contribution is 2.59. The predicted octanol–water partition coefficient (Wildman–Crippen LogP) is 1.80. The predicted molar refractivity (Wildman–Crippen MR) is 99.9 cm³/mol. The van der Waals surface area contributed by atoms with Crippen molar-refractivity contribution >= 4 is 23.2 Å². The summed E-state index contributed by atoms with van der Waals surface area (Å²) in [4.78, 5) is 27.7. The van der Waals surface area contributed by atoms with E-state index in [1.807, 2.05) is 29.2 Å². The first-order valence-electron chi connectivity index (χ1n) is 9.80. The van der Waals surface area contributed by atoms with Gasteiger partial charge in [-0.1, -0.05) is 12.1 Å². The molecule has 6 nitrogen and oxygen atoms in total. The molecule has 2 saturated heterocycles. The third kappa shape index (κ3) is 2.42. The highest BCUT2D eigenvalue weighted by atomic mass is 16.2. The molecule has 0 aromatic heterocycles. The summed E-state index contributed by atoms with van der Waals surface area (Å²) in [6, 6.07) is 7.81. The van der Waals surface area contributed by atoms with Gasteiger partial charge in [0.15, 0.2) is 0 Å². The lowest BCUT2D eigenvalue weighted by Gasteiger charge is -2.44. The van der Waals surface area contributed by atoms with Gasteiger partial charge in [-0.2, -0.15) is 0 Å². The number of nitrogens with one attached hydrogen (secondary N) is 3. The van der Waals surface area contributed by atoms with E-state index in [9.17, 15) is 9.59 Å². The number of nitrogens with zero attached hydrogens (tertiary/aromatic N) is 1. The second-order valence-corrected chi connectivity index (χ2v) is 8.40. The van der Waals surface area contributed by atoms with E-state index in [0.29, 0.717) is 31.8 Å². The average Bonchev–Trinajstić information content (AvgIpc) is 3.36. The molecule has 1 atom stereocenters. The number of fused-ring (bicyclic) bond motifs is 1. The minimum atomic E-state index is -0.582. The quantitative estimate of drug-likeness (QED) is 0.719. The maximum atomic E-state index is 13.0. The Morgan fingerprint density at radius 2 is 1.73 bits per heavy atom. The number of hydrogen-bond acceptors (Lipinski definition) is 4. The minimum absolute atomic E-state index is 0.0320. The molecule has 138 valence electrons. The maximum absolute atomic E-state index is 13.0. The summed E-state index contributed by atoms with van der Waals surface area (Å²) in [7, 11) is 0. The van der Waals surface area contributed by atoms with Crippen molar-refractivity contribution in [2.45, 2.75) is 37.6 Å². The van der Waals surface area contributed by atoms with Crippen molar-refractivity contribution in [3.8, 4) is 0 Å². The Labute approximate surface area is 153 Å². The van der Waals surface area contributed by atoms with Crippen molar-refractivity contribution in [1.82, 2.24) is 10.2 Å². The number of amides is 2. The summed E-state index contributed by atoms with van der Waals surface area (Å²) in [5.74, 6) is 0.565. The van der Waals surface area contributed by atoms with E-state index < -0.39 is 5.54 Å². The van der Waals surface area contributed by atoms with Gasteiger partial charge in [0.05, 0.1) is 11.4 Å². The van der Waals surface area contributed by atoms with Crippen molar-refractivity contribution in [2.75, 3.05) is 36.8 Å². The number of rotatable bonds is 1. The Morgan fingerprint density at radius 3 is 2.46 bits per heavy atom. The summed E-state index contributed by atoms with van der Waals surface area (Å²) in [6.07, 6.45) is 4.64. The number of carbonyl (C=O) groups is 2. The van der Waals surface area contributed by atoms with Gasteiger partial charge in [0.2, 0.25) is 11.8 Å². The van der Waals surface area contributed by atoms with Gasteiger partial charge in [-0.3, -0.25) is 9.59 Å². The zero-order valence-electron chi connectivity index (χ0n) is 15.0. The number of likely N-dealkylation sites (tertiary alicyclic amines) is 1. The van der Waals surface area contributed by atoms with Crippen LogP contribution in [0.25, 0.3) is 0 Å². The fourth-order valence-electron chi connectivity index (χ4n) is 5.11. The Hall–Kier alpha value is -2.08. The van der Waals surface area contributed by atoms with Gasteiger partial charge in [-0.15, -0.1) is 0 Å². The number of carbonyl (C=O) groups excluding carboxylic acids is 2. The highest BCUT2D eigenvalue weighted by Gasteiger charge is 2.59. The topological polar surface area (TPSA) is 73.5 Å². The molecule has 1 aliphatic carbocycles. The molecule has 0 radical (unpaired) electrons. The zero-order valence-corrected chi connectivity index (χ0v) is 15.0. The average molecular weight is 354 g/mol. The van der Waals surface area contributed by atoms with Gasteiger partial charge in [0.1, 0.15) is 5.54 Å². The lowest BCUT2D eigenvalue weighted by atomic mass is 9.84. The third-order valence-electron chi connectivity index (χ3n) is 7.00. The van der Waals surface area contributed by atoms with Crippen LogP contribution in [0.1, 0.15) is 32.1 Å². The van der Waals surface area contributed by atoms with E-state index in [1.165, 1.54) is 0 Å². The summed E-state index contributed by atoms with van der Waals surface area (Å²) in [5.41, 5.74) is 1.51. The molecule has 26 heavy (non-hydrogen) atoms. The number of anilines is 2. The fourth-order valence-corrected chi connectivity index (χ4v) is 5.11. The molecule has 1 saturated carbocycles. The molecule has 1 unspecified atom stereocenters.